The second-order valence-electron chi connectivity index (χ2n) is 6.06. The molecule has 0 aliphatic carbocycles. The molecule has 0 unspecified atom stereocenters. The van der Waals surface area contributed by atoms with Gasteiger partial charge in [-0.05, 0) is 36.6 Å². The van der Waals surface area contributed by atoms with E-state index in [0.717, 1.165) is 41.4 Å². The number of para-hydroxylation sites is 1. The highest BCUT2D eigenvalue weighted by atomic mass is 15.3. The van der Waals surface area contributed by atoms with Crippen LogP contribution in [-0.4, -0.2) is 19.7 Å². The molecule has 0 amide bonds. The smallest absolute Gasteiger partial charge is 0.170 e. The van der Waals surface area contributed by atoms with E-state index in [1.165, 1.54) is 0 Å². The van der Waals surface area contributed by atoms with Crippen molar-refractivity contribution in [2.24, 2.45) is 5.92 Å². The van der Waals surface area contributed by atoms with Gasteiger partial charge in [-0.2, -0.15) is 0 Å². The van der Waals surface area contributed by atoms with Gasteiger partial charge in [0.2, 0.25) is 0 Å². The number of rotatable bonds is 5. The summed E-state index contributed by atoms with van der Waals surface area (Å²) < 4.78 is 2.16. The minimum absolute atomic E-state index is 0.522. The van der Waals surface area contributed by atoms with E-state index in [1.54, 1.807) is 0 Å². The number of hydrogen-bond acceptors (Lipinski definition) is 3. The highest BCUT2D eigenvalue weighted by molar-refractivity contribution is 5.61. The molecule has 23 heavy (non-hydrogen) atoms. The Hall–Kier alpha value is -2.49. The average molecular weight is 306 g/mol. The van der Waals surface area contributed by atoms with E-state index in [0.29, 0.717) is 5.92 Å². The van der Waals surface area contributed by atoms with Crippen LogP contribution in [0.2, 0.25) is 0 Å². The third kappa shape index (κ3) is 3.16. The van der Waals surface area contributed by atoms with Gasteiger partial charge in [-0.1, -0.05) is 39.0 Å². The molecule has 0 atom stereocenters. The minimum atomic E-state index is 0.522. The molecule has 4 heteroatoms. The third-order valence-electron chi connectivity index (χ3n) is 3.80. The van der Waals surface area contributed by atoms with E-state index >= 15 is 0 Å². The summed E-state index contributed by atoms with van der Waals surface area (Å²) in [6.07, 6.45) is 3.60. The summed E-state index contributed by atoms with van der Waals surface area (Å²) in [5.41, 5.74) is 3.20. The van der Waals surface area contributed by atoms with Crippen molar-refractivity contribution in [2.45, 2.75) is 33.6 Å². The lowest BCUT2D eigenvalue weighted by Crippen LogP contribution is -2.07. The Morgan fingerprint density at radius 3 is 2.48 bits per heavy atom. The molecule has 2 aromatic heterocycles. The monoisotopic (exact) mass is 306 g/mol. The molecule has 0 spiro atoms. The fourth-order valence-electron chi connectivity index (χ4n) is 2.76. The van der Waals surface area contributed by atoms with Crippen LogP contribution in [0, 0.1) is 5.92 Å². The van der Waals surface area contributed by atoms with E-state index in [4.69, 9.17) is 0 Å². The van der Waals surface area contributed by atoms with Crippen LogP contribution in [0.25, 0.3) is 17.1 Å². The molecule has 0 fully saturated rings. The zero-order valence-electron chi connectivity index (χ0n) is 13.9. The maximum Gasteiger partial charge on any atom is 0.170 e. The Labute approximate surface area is 137 Å². The van der Waals surface area contributed by atoms with Crippen molar-refractivity contribution in [2.75, 3.05) is 0 Å². The van der Waals surface area contributed by atoms with Crippen molar-refractivity contribution in [3.05, 3.63) is 60.2 Å². The standard InChI is InChI=1S/C19H22N4/c1-4-17-16(11-8-12-20-17)19-22-21-18(13-14(2)3)23(19)15-9-6-5-7-10-15/h5-12,14H,4,13H2,1-3H3. The number of aromatic nitrogens is 4. The van der Waals surface area contributed by atoms with Crippen LogP contribution in [-0.2, 0) is 12.8 Å². The van der Waals surface area contributed by atoms with Crippen molar-refractivity contribution >= 4 is 0 Å². The van der Waals surface area contributed by atoms with Crippen molar-refractivity contribution in [1.29, 1.82) is 0 Å². The van der Waals surface area contributed by atoms with E-state index in [9.17, 15) is 0 Å². The number of hydrogen-bond donors (Lipinski definition) is 0. The molecule has 0 N–H and O–H groups in total. The molecular formula is C19H22N4. The second kappa shape index (κ2) is 6.73. The first kappa shape index (κ1) is 15.4. The van der Waals surface area contributed by atoms with Crippen LogP contribution < -0.4 is 0 Å². The van der Waals surface area contributed by atoms with Gasteiger partial charge in [0.05, 0.1) is 5.69 Å². The molecule has 0 radical (unpaired) electrons. The van der Waals surface area contributed by atoms with Crippen molar-refractivity contribution in [1.82, 2.24) is 19.7 Å². The number of nitrogens with zero attached hydrogens (tertiary/aromatic N) is 4. The first-order chi connectivity index (χ1) is 11.2. The van der Waals surface area contributed by atoms with Crippen molar-refractivity contribution < 1.29 is 0 Å². The van der Waals surface area contributed by atoms with Gasteiger partial charge in [0.15, 0.2) is 5.82 Å². The Morgan fingerprint density at radius 1 is 1.00 bits per heavy atom. The van der Waals surface area contributed by atoms with Gasteiger partial charge in [-0.25, -0.2) is 0 Å². The molecule has 118 valence electrons. The number of benzene rings is 1. The number of pyridine rings is 1. The Bertz CT molecular complexity index is 775. The summed E-state index contributed by atoms with van der Waals surface area (Å²) in [5, 5.41) is 8.97. The summed E-state index contributed by atoms with van der Waals surface area (Å²) in [4.78, 5) is 4.50. The summed E-state index contributed by atoms with van der Waals surface area (Å²) in [7, 11) is 0. The molecule has 0 bridgehead atoms. The lowest BCUT2D eigenvalue weighted by Gasteiger charge is -2.13. The molecule has 3 rings (SSSR count). The van der Waals surface area contributed by atoms with Crippen LogP contribution >= 0.6 is 0 Å². The Kier molecular flexibility index (Phi) is 4.51. The van der Waals surface area contributed by atoms with Gasteiger partial charge in [-0.3, -0.25) is 9.55 Å². The summed E-state index contributed by atoms with van der Waals surface area (Å²) in [6, 6.07) is 14.3. The molecule has 0 aliphatic heterocycles. The topological polar surface area (TPSA) is 43.6 Å². The molecule has 0 saturated heterocycles. The minimum Gasteiger partial charge on any atom is -0.279 e. The fourth-order valence-corrected chi connectivity index (χ4v) is 2.76. The predicted octanol–water partition coefficient (Wildman–Crippen LogP) is 4.09. The van der Waals surface area contributed by atoms with Crippen LogP contribution in [0.4, 0.5) is 0 Å². The van der Waals surface area contributed by atoms with Crippen molar-refractivity contribution in [3.8, 4) is 17.1 Å². The molecular weight excluding hydrogens is 284 g/mol. The van der Waals surface area contributed by atoms with Crippen LogP contribution in [0.3, 0.4) is 0 Å². The summed E-state index contributed by atoms with van der Waals surface area (Å²) in [6.45, 7) is 6.51. The zero-order chi connectivity index (χ0) is 16.2. The van der Waals surface area contributed by atoms with Gasteiger partial charge < -0.3 is 0 Å². The van der Waals surface area contributed by atoms with E-state index in [1.807, 2.05) is 30.5 Å². The Balaban J connectivity index is 2.20. The van der Waals surface area contributed by atoms with E-state index in [-0.39, 0.29) is 0 Å². The highest BCUT2D eigenvalue weighted by Gasteiger charge is 2.18. The molecule has 0 saturated carbocycles. The quantitative estimate of drug-likeness (QED) is 0.713. The van der Waals surface area contributed by atoms with Gasteiger partial charge in [0.25, 0.3) is 0 Å². The van der Waals surface area contributed by atoms with Crippen LogP contribution in [0.5, 0.6) is 0 Å². The SMILES string of the molecule is CCc1ncccc1-c1nnc(CC(C)C)n1-c1ccccc1. The molecule has 1 aromatic carbocycles. The summed E-state index contributed by atoms with van der Waals surface area (Å²) >= 11 is 0. The van der Waals surface area contributed by atoms with E-state index < -0.39 is 0 Å². The average Bonchev–Trinajstić information content (AvgIpc) is 2.98. The van der Waals surface area contributed by atoms with Crippen LogP contribution in [0.15, 0.2) is 48.7 Å². The Morgan fingerprint density at radius 2 is 1.78 bits per heavy atom. The molecule has 4 nitrogen and oxygen atoms in total. The second-order valence-corrected chi connectivity index (χ2v) is 6.06. The van der Waals surface area contributed by atoms with Gasteiger partial charge in [-0.15, -0.1) is 10.2 Å². The first-order valence-electron chi connectivity index (χ1n) is 8.14. The third-order valence-corrected chi connectivity index (χ3v) is 3.80. The molecule has 2 heterocycles. The van der Waals surface area contributed by atoms with Crippen LogP contribution in [0.1, 0.15) is 32.3 Å². The van der Waals surface area contributed by atoms with Gasteiger partial charge in [0.1, 0.15) is 5.82 Å². The highest BCUT2D eigenvalue weighted by Crippen LogP contribution is 2.26. The molecule has 0 aliphatic rings. The first-order valence-corrected chi connectivity index (χ1v) is 8.14. The fraction of sp³-hybridized carbons (Fsp3) is 0.316. The maximum absolute atomic E-state index is 4.50. The lowest BCUT2D eigenvalue weighted by atomic mass is 10.1. The van der Waals surface area contributed by atoms with Gasteiger partial charge in [0, 0.05) is 23.9 Å². The normalized spacial score (nSPS) is 11.1. The van der Waals surface area contributed by atoms with Gasteiger partial charge >= 0.3 is 0 Å². The van der Waals surface area contributed by atoms with E-state index in [2.05, 4.69) is 58.7 Å². The maximum atomic E-state index is 4.50. The van der Waals surface area contributed by atoms with Crippen molar-refractivity contribution in [3.63, 3.8) is 0 Å². The largest absolute Gasteiger partial charge is 0.279 e. The summed E-state index contributed by atoms with van der Waals surface area (Å²) in [5.74, 6) is 2.39. The lowest BCUT2D eigenvalue weighted by molar-refractivity contribution is 0.612. The number of aryl methyl sites for hydroxylation is 1. The predicted molar refractivity (Wildman–Crippen MR) is 92.5 cm³/mol. The zero-order valence-corrected chi connectivity index (χ0v) is 13.9. The molecule has 3 aromatic rings.